The van der Waals surface area contributed by atoms with Crippen LogP contribution in [0.25, 0.3) is 10.8 Å². The number of urea groups is 1. The van der Waals surface area contributed by atoms with Gasteiger partial charge in [-0.1, -0.05) is 18.2 Å². The van der Waals surface area contributed by atoms with Crippen molar-refractivity contribution >= 4 is 46.7 Å². The summed E-state index contributed by atoms with van der Waals surface area (Å²) in [5.74, 6) is -0.121. The van der Waals surface area contributed by atoms with Gasteiger partial charge in [-0.3, -0.25) is 5.41 Å². The van der Waals surface area contributed by atoms with Gasteiger partial charge in [0.05, 0.1) is 5.56 Å². The van der Waals surface area contributed by atoms with Gasteiger partial charge in [0.1, 0.15) is 11.6 Å². The number of amidine groups is 1. The first kappa shape index (κ1) is 19.7. The van der Waals surface area contributed by atoms with E-state index in [1.54, 1.807) is 42.5 Å². The number of hydrogen-bond acceptors (Lipinski definition) is 4. The molecule has 2 amide bonds. The van der Waals surface area contributed by atoms with E-state index in [0.29, 0.717) is 22.6 Å². The number of fused-ring (bicyclic) bond motifs is 1. The smallest absolute Gasteiger partial charge is 0.343 e. The molecule has 6 N–H and O–H groups in total. The van der Waals surface area contributed by atoms with E-state index in [0.717, 1.165) is 10.8 Å². The van der Waals surface area contributed by atoms with Crippen LogP contribution in [-0.4, -0.2) is 17.8 Å². The normalized spacial score (nSPS) is 9.93. The number of ether oxygens (including phenoxy) is 1. The molecule has 0 unspecified atom stereocenters. The van der Waals surface area contributed by atoms with Gasteiger partial charge in [0.15, 0.2) is 0 Å². The molecule has 0 bridgehead atoms. The fourth-order valence-electron chi connectivity index (χ4n) is 2.45. The summed E-state index contributed by atoms with van der Waals surface area (Å²) in [6, 6.07) is 16.1. The Morgan fingerprint density at radius 3 is 2.07 bits per heavy atom. The quantitative estimate of drug-likeness (QED) is 0.238. The largest absolute Gasteiger partial charge is 0.423 e. The number of anilines is 1. The van der Waals surface area contributed by atoms with Crippen LogP contribution in [-0.2, 0) is 0 Å². The molecular weight excluding hydrogens is 368 g/mol. The highest BCUT2D eigenvalue weighted by molar-refractivity contribution is 5.99. The number of nitrogens with two attached hydrogens (primary N) is 2. The molecule has 0 aliphatic carbocycles. The van der Waals surface area contributed by atoms with Crippen molar-refractivity contribution in [1.82, 2.24) is 0 Å². The van der Waals surface area contributed by atoms with Gasteiger partial charge in [-0.05, 0) is 53.2 Å². The van der Waals surface area contributed by atoms with Gasteiger partial charge < -0.3 is 21.5 Å². The highest BCUT2D eigenvalue weighted by Crippen LogP contribution is 2.23. The van der Waals surface area contributed by atoms with E-state index in [4.69, 9.17) is 21.6 Å². The molecule has 3 aromatic rings. The van der Waals surface area contributed by atoms with Crippen molar-refractivity contribution in [2.45, 2.75) is 0 Å². The summed E-state index contributed by atoms with van der Waals surface area (Å²) in [7, 11) is 0. The average Bonchev–Trinajstić information content (AvgIpc) is 2.61. The summed E-state index contributed by atoms with van der Waals surface area (Å²) in [5.41, 5.74) is 12.0. The summed E-state index contributed by atoms with van der Waals surface area (Å²) in [6.07, 6.45) is 0. The van der Waals surface area contributed by atoms with Crippen LogP contribution < -0.4 is 21.5 Å². The SMILES string of the molecule is Cl.N=C(N)c1ccc2cc(OC(=O)c3ccc(NC(N)=O)cc3)ccc2c1. The fraction of sp³-hybridized carbons (Fsp3) is 0. The molecule has 0 spiro atoms. The Hall–Kier alpha value is -3.58. The third kappa shape index (κ3) is 4.74. The summed E-state index contributed by atoms with van der Waals surface area (Å²) in [6.45, 7) is 0. The molecule has 138 valence electrons. The maximum Gasteiger partial charge on any atom is 0.343 e. The minimum Gasteiger partial charge on any atom is -0.423 e. The number of halogens is 1. The zero-order valence-electron chi connectivity index (χ0n) is 14.1. The van der Waals surface area contributed by atoms with Gasteiger partial charge in [0.25, 0.3) is 0 Å². The monoisotopic (exact) mass is 384 g/mol. The third-order valence-electron chi connectivity index (χ3n) is 3.72. The lowest BCUT2D eigenvalue weighted by Crippen LogP contribution is -2.19. The number of benzene rings is 3. The lowest BCUT2D eigenvalue weighted by Gasteiger charge is -2.08. The first-order valence-electron chi connectivity index (χ1n) is 7.69. The number of primary amides is 1. The van der Waals surface area contributed by atoms with Gasteiger partial charge in [-0.25, -0.2) is 9.59 Å². The highest BCUT2D eigenvalue weighted by Gasteiger charge is 2.10. The summed E-state index contributed by atoms with van der Waals surface area (Å²) in [4.78, 5) is 23.0. The average molecular weight is 385 g/mol. The van der Waals surface area contributed by atoms with Crippen LogP contribution in [0.4, 0.5) is 10.5 Å². The van der Waals surface area contributed by atoms with Crippen molar-refractivity contribution < 1.29 is 14.3 Å². The predicted molar refractivity (Wildman–Crippen MR) is 107 cm³/mol. The Kier molecular flexibility index (Phi) is 5.99. The number of carbonyl (C=O) groups is 2. The molecule has 0 saturated heterocycles. The van der Waals surface area contributed by atoms with E-state index in [1.807, 2.05) is 6.07 Å². The van der Waals surface area contributed by atoms with Crippen molar-refractivity contribution in [3.63, 3.8) is 0 Å². The Morgan fingerprint density at radius 2 is 1.44 bits per heavy atom. The van der Waals surface area contributed by atoms with Crippen LogP contribution in [0.2, 0.25) is 0 Å². The Balaban J connectivity index is 0.00000261. The van der Waals surface area contributed by atoms with Crippen molar-refractivity contribution in [2.24, 2.45) is 11.5 Å². The summed E-state index contributed by atoms with van der Waals surface area (Å²) < 4.78 is 5.39. The number of nitrogens with one attached hydrogen (secondary N) is 2. The van der Waals surface area contributed by atoms with E-state index in [-0.39, 0.29) is 18.2 Å². The van der Waals surface area contributed by atoms with Crippen LogP contribution in [0.15, 0.2) is 60.7 Å². The standard InChI is InChI=1S/C19H16N4O3.ClH/c20-17(21)14-2-1-13-10-16(8-5-12(13)9-14)26-18(24)11-3-6-15(7-4-11)23-19(22)25;/h1-10H,(H3,20,21)(H3,22,23,25);1H. The van der Waals surface area contributed by atoms with E-state index in [2.05, 4.69) is 5.32 Å². The second-order valence-electron chi connectivity index (χ2n) is 5.59. The molecule has 7 nitrogen and oxygen atoms in total. The van der Waals surface area contributed by atoms with Crippen molar-refractivity contribution in [3.8, 4) is 5.75 Å². The number of amides is 2. The summed E-state index contributed by atoms with van der Waals surface area (Å²) >= 11 is 0. The van der Waals surface area contributed by atoms with Crippen LogP contribution in [0.1, 0.15) is 15.9 Å². The predicted octanol–water partition coefficient (Wildman–Crippen LogP) is 3.26. The molecule has 0 aromatic heterocycles. The molecule has 8 heteroatoms. The van der Waals surface area contributed by atoms with Crippen LogP contribution in [0.3, 0.4) is 0 Å². The zero-order chi connectivity index (χ0) is 18.7. The molecule has 0 radical (unpaired) electrons. The molecule has 3 aromatic carbocycles. The first-order chi connectivity index (χ1) is 12.4. The van der Waals surface area contributed by atoms with Crippen molar-refractivity contribution in [1.29, 1.82) is 5.41 Å². The molecule has 0 fully saturated rings. The number of esters is 1. The number of carbonyl (C=O) groups excluding carboxylic acids is 2. The summed E-state index contributed by atoms with van der Waals surface area (Å²) in [5, 5.41) is 11.6. The molecule has 3 rings (SSSR count). The second kappa shape index (κ2) is 8.20. The molecule has 0 atom stereocenters. The fourth-order valence-corrected chi connectivity index (χ4v) is 2.45. The van der Waals surface area contributed by atoms with Crippen LogP contribution in [0.5, 0.6) is 5.75 Å². The van der Waals surface area contributed by atoms with Crippen LogP contribution >= 0.6 is 12.4 Å². The number of nitrogen functional groups attached to an aromatic ring is 1. The molecule has 27 heavy (non-hydrogen) atoms. The van der Waals surface area contributed by atoms with E-state index in [9.17, 15) is 9.59 Å². The van der Waals surface area contributed by atoms with Gasteiger partial charge in [-0.2, -0.15) is 0 Å². The van der Waals surface area contributed by atoms with E-state index in [1.165, 1.54) is 12.1 Å². The van der Waals surface area contributed by atoms with Gasteiger partial charge in [0, 0.05) is 11.3 Å². The Morgan fingerprint density at radius 1 is 0.852 bits per heavy atom. The number of rotatable bonds is 4. The van der Waals surface area contributed by atoms with Gasteiger partial charge in [-0.15, -0.1) is 12.4 Å². The lowest BCUT2D eigenvalue weighted by molar-refractivity contribution is 0.0735. The Bertz CT molecular complexity index is 1020. The molecule has 0 aliphatic rings. The molecular formula is C19H17ClN4O3. The second-order valence-corrected chi connectivity index (χ2v) is 5.59. The molecule has 0 saturated carbocycles. The van der Waals surface area contributed by atoms with Crippen molar-refractivity contribution in [2.75, 3.05) is 5.32 Å². The van der Waals surface area contributed by atoms with Gasteiger partial charge >= 0.3 is 12.0 Å². The van der Waals surface area contributed by atoms with E-state index >= 15 is 0 Å². The topological polar surface area (TPSA) is 131 Å². The maximum absolute atomic E-state index is 12.2. The van der Waals surface area contributed by atoms with Crippen molar-refractivity contribution in [3.05, 3.63) is 71.8 Å². The first-order valence-corrected chi connectivity index (χ1v) is 7.69. The zero-order valence-corrected chi connectivity index (χ0v) is 14.9. The maximum atomic E-state index is 12.2. The Labute approximate surface area is 161 Å². The minimum atomic E-state index is -0.676. The lowest BCUT2D eigenvalue weighted by atomic mass is 10.1. The van der Waals surface area contributed by atoms with Crippen LogP contribution in [0, 0.1) is 5.41 Å². The minimum absolute atomic E-state index is 0. The van der Waals surface area contributed by atoms with Gasteiger partial charge in [0.2, 0.25) is 0 Å². The highest BCUT2D eigenvalue weighted by atomic mass is 35.5. The number of hydrogen-bond donors (Lipinski definition) is 4. The molecule has 0 heterocycles. The molecule has 0 aliphatic heterocycles. The third-order valence-corrected chi connectivity index (χ3v) is 3.72. The van der Waals surface area contributed by atoms with E-state index < -0.39 is 12.0 Å².